The lowest BCUT2D eigenvalue weighted by Gasteiger charge is -2.16. The Labute approximate surface area is 129 Å². The smallest absolute Gasteiger partial charge is 0.408 e. The molecule has 1 heterocycles. The lowest BCUT2D eigenvalue weighted by Crippen LogP contribution is -2.23. The Morgan fingerprint density at radius 1 is 1.50 bits per heavy atom. The van der Waals surface area contributed by atoms with Crippen LogP contribution in [0.5, 0.6) is 0 Å². The molecule has 2 aromatic rings. The van der Waals surface area contributed by atoms with E-state index < -0.39 is 0 Å². The fourth-order valence-electron chi connectivity index (χ4n) is 3.21. The highest BCUT2D eigenvalue weighted by Gasteiger charge is 2.43. The van der Waals surface area contributed by atoms with Crippen LogP contribution < -0.4 is 11.1 Å². The second-order valence-corrected chi connectivity index (χ2v) is 6.25. The Bertz CT molecular complexity index is 777. The van der Waals surface area contributed by atoms with Crippen LogP contribution >= 0.6 is 0 Å². The van der Waals surface area contributed by atoms with Gasteiger partial charge >= 0.3 is 5.76 Å². The number of hydrogen-bond donors (Lipinski definition) is 1. The van der Waals surface area contributed by atoms with Crippen molar-refractivity contribution in [2.24, 2.45) is 7.05 Å². The zero-order valence-electron chi connectivity index (χ0n) is 13.1. The summed E-state index contributed by atoms with van der Waals surface area (Å²) in [6.45, 7) is 0. The van der Waals surface area contributed by atoms with Crippen LogP contribution in [0.4, 0.5) is 0 Å². The van der Waals surface area contributed by atoms with E-state index in [2.05, 4.69) is 23.5 Å². The van der Waals surface area contributed by atoms with Gasteiger partial charge in [-0.3, -0.25) is 4.57 Å². The van der Waals surface area contributed by atoms with E-state index >= 15 is 0 Å². The van der Waals surface area contributed by atoms with Crippen LogP contribution in [0.2, 0.25) is 0 Å². The van der Waals surface area contributed by atoms with E-state index in [9.17, 15) is 4.79 Å². The average molecular weight is 299 g/mol. The monoisotopic (exact) mass is 299 g/mol. The van der Waals surface area contributed by atoms with Gasteiger partial charge in [0.1, 0.15) is 0 Å². The van der Waals surface area contributed by atoms with Crippen molar-refractivity contribution >= 4 is 11.1 Å². The summed E-state index contributed by atoms with van der Waals surface area (Å²) in [6, 6.07) is 8.28. The molecule has 22 heavy (non-hydrogen) atoms. The van der Waals surface area contributed by atoms with Crippen molar-refractivity contribution < 1.29 is 4.42 Å². The number of aromatic nitrogens is 1. The van der Waals surface area contributed by atoms with Gasteiger partial charge in [-0.15, -0.1) is 0 Å². The summed E-state index contributed by atoms with van der Waals surface area (Å²) in [7, 11) is 3.57. The highest BCUT2D eigenvalue weighted by Crippen LogP contribution is 2.52. The van der Waals surface area contributed by atoms with Crippen LogP contribution in [0, 0.1) is 11.3 Å². The molecule has 1 saturated carbocycles. The molecule has 0 bridgehead atoms. The molecule has 1 N–H and O–H groups in total. The van der Waals surface area contributed by atoms with E-state index in [1.807, 2.05) is 13.1 Å². The molecular weight excluding hydrogens is 278 g/mol. The third-order valence-electron chi connectivity index (χ3n) is 4.91. The van der Waals surface area contributed by atoms with Crippen molar-refractivity contribution in [3.63, 3.8) is 0 Å². The van der Waals surface area contributed by atoms with Gasteiger partial charge in [0.25, 0.3) is 0 Å². The molecule has 1 unspecified atom stereocenters. The van der Waals surface area contributed by atoms with E-state index in [1.54, 1.807) is 11.6 Å². The van der Waals surface area contributed by atoms with Crippen LogP contribution in [0.3, 0.4) is 0 Å². The number of benzene rings is 1. The Morgan fingerprint density at radius 2 is 2.27 bits per heavy atom. The number of oxazole rings is 1. The van der Waals surface area contributed by atoms with Crippen LogP contribution in [-0.2, 0) is 12.5 Å². The predicted octanol–water partition coefficient (Wildman–Crippen LogP) is 2.44. The van der Waals surface area contributed by atoms with Gasteiger partial charge in [-0.25, -0.2) is 4.79 Å². The van der Waals surface area contributed by atoms with Gasteiger partial charge in [0, 0.05) is 7.05 Å². The summed E-state index contributed by atoms with van der Waals surface area (Å²) in [5, 5.41) is 12.0. The predicted molar refractivity (Wildman–Crippen MR) is 84.7 cm³/mol. The molecule has 0 aliphatic heterocycles. The summed E-state index contributed by atoms with van der Waals surface area (Å²) < 4.78 is 6.75. The van der Waals surface area contributed by atoms with E-state index in [4.69, 9.17) is 9.68 Å². The molecular formula is C17H21N3O2. The first-order chi connectivity index (χ1) is 10.6. The molecule has 5 nitrogen and oxygen atoms in total. The normalized spacial score (nSPS) is 17.3. The number of hydrogen-bond acceptors (Lipinski definition) is 4. The number of fused-ring (bicyclic) bond motifs is 1. The Kier molecular flexibility index (Phi) is 3.79. The van der Waals surface area contributed by atoms with Gasteiger partial charge < -0.3 is 9.73 Å². The average Bonchev–Trinajstić information content (AvgIpc) is 3.26. The molecule has 0 spiro atoms. The molecule has 5 heteroatoms. The molecule has 3 rings (SSSR count). The Balaban J connectivity index is 1.77. The number of nitrogens with zero attached hydrogens (tertiary/aromatic N) is 2. The van der Waals surface area contributed by atoms with Gasteiger partial charge in [-0.2, -0.15) is 5.26 Å². The maximum atomic E-state index is 11.6. The van der Waals surface area contributed by atoms with Crippen LogP contribution in [-0.4, -0.2) is 17.7 Å². The quantitative estimate of drug-likeness (QED) is 0.889. The Morgan fingerprint density at radius 3 is 2.91 bits per heavy atom. The molecule has 1 aliphatic rings. The first kappa shape index (κ1) is 14.9. The summed E-state index contributed by atoms with van der Waals surface area (Å²) >= 11 is 0. The highest BCUT2D eigenvalue weighted by atomic mass is 16.4. The molecule has 1 fully saturated rings. The summed E-state index contributed by atoms with van der Waals surface area (Å²) in [5.41, 5.74) is 3.02. The third-order valence-corrected chi connectivity index (χ3v) is 4.91. The number of nitriles is 1. The first-order valence-corrected chi connectivity index (χ1v) is 7.76. The van der Waals surface area contributed by atoms with Crippen molar-refractivity contribution in [1.29, 1.82) is 5.26 Å². The van der Waals surface area contributed by atoms with Crippen molar-refractivity contribution in [1.82, 2.24) is 9.88 Å². The van der Waals surface area contributed by atoms with Gasteiger partial charge in [-0.1, -0.05) is 6.07 Å². The molecule has 1 aliphatic carbocycles. The standard InChI is InChI=1S/C17H21N3O2/c1-19-13(11-18)4-3-7-17(8-9-17)12-5-6-15-14(10-12)20(2)16(21)22-15/h5-6,10,13,19H,3-4,7-9H2,1-2H3. The SMILES string of the molecule is CNC(C#N)CCCC1(c2ccc3oc(=O)n(C)c3c2)CC1. The first-order valence-electron chi connectivity index (χ1n) is 7.76. The van der Waals surface area contributed by atoms with Crippen LogP contribution in [0.15, 0.2) is 27.4 Å². The van der Waals surface area contributed by atoms with Crippen LogP contribution in [0.25, 0.3) is 11.1 Å². The minimum absolute atomic E-state index is 0.0621. The second-order valence-electron chi connectivity index (χ2n) is 6.25. The third kappa shape index (κ3) is 2.55. The van der Waals surface area contributed by atoms with E-state index in [0.29, 0.717) is 5.58 Å². The minimum atomic E-state index is -0.317. The largest absolute Gasteiger partial charge is 0.419 e. The summed E-state index contributed by atoms with van der Waals surface area (Å²) in [4.78, 5) is 11.6. The number of aryl methyl sites for hydroxylation is 1. The molecule has 0 amide bonds. The fraction of sp³-hybridized carbons (Fsp3) is 0.529. The maximum absolute atomic E-state index is 11.6. The minimum Gasteiger partial charge on any atom is -0.408 e. The van der Waals surface area contributed by atoms with E-state index in [1.165, 1.54) is 18.4 Å². The van der Waals surface area contributed by atoms with Crippen LogP contribution in [0.1, 0.15) is 37.7 Å². The topological polar surface area (TPSA) is 71.0 Å². The van der Waals surface area contributed by atoms with Gasteiger partial charge in [0.2, 0.25) is 0 Å². The van der Waals surface area contributed by atoms with Crippen molar-refractivity contribution in [2.75, 3.05) is 7.05 Å². The van der Waals surface area contributed by atoms with E-state index in [0.717, 1.165) is 24.8 Å². The second kappa shape index (κ2) is 5.62. The van der Waals surface area contributed by atoms with Gasteiger partial charge in [0.05, 0.1) is 17.6 Å². The lowest BCUT2D eigenvalue weighted by atomic mass is 9.89. The van der Waals surface area contributed by atoms with Gasteiger partial charge in [-0.05, 0) is 62.3 Å². The molecule has 1 atom stereocenters. The lowest BCUT2D eigenvalue weighted by molar-refractivity contribution is 0.518. The highest BCUT2D eigenvalue weighted by molar-refractivity contribution is 5.74. The van der Waals surface area contributed by atoms with Gasteiger partial charge in [0.15, 0.2) is 5.58 Å². The summed E-state index contributed by atoms with van der Waals surface area (Å²) in [6.07, 6.45) is 5.36. The molecule has 0 radical (unpaired) electrons. The van der Waals surface area contributed by atoms with Crippen molar-refractivity contribution in [3.05, 3.63) is 34.3 Å². The summed E-state index contributed by atoms with van der Waals surface area (Å²) in [5.74, 6) is -0.317. The number of rotatable bonds is 6. The zero-order valence-corrected chi connectivity index (χ0v) is 13.1. The fourth-order valence-corrected chi connectivity index (χ4v) is 3.21. The van der Waals surface area contributed by atoms with E-state index in [-0.39, 0.29) is 17.2 Å². The van der Waals surface area contributed by atoms with Crippen molar-refractivity contribution in [2.45, 2.75) is 43.6 Å². The van der Waals surface area contributed by atoms with Crippen molar-refractivity contribution in [3.8, 4) is 6.07 Å². The zero-order chi connectivity index (χ0) is 15.7. The maximum Gasteiger partial charge on any atom is 0.419 e. The molecule has 116 valence electrons. The Hall–Kier alpha value is -2.06. The molecule has 1 aromatic carbocycles. The number of nitrogens with one attached hydrogen (secondary N) is 1. The molecule has 1 aromatic heterocycles. The molecule has 0 saturated heterocycles.